The van der Waals surface area contributed by atoms with E-state index in [-0.39, 0.29) is 23.2 Å². The van der Waals surface area contributed by atoms with Crippen LogP contribution in [0, 0.1) is 6.92 Å². The van der Waals surface area contributed by atoms with Crippen molar-refractivity contribution < 1.29 is 22.4 Å². The van der Waals surface area contributed by atoms with E-state index in [2.05, 4.69) is 25.6 Å². The highest BCUT2D eigenvalue weighted by Gasteiger charge is 2.30. The molecule has 0 aliphatic carbocycles. The van der Waals surface area contributed by atoms with Gasteiger partial charge in [0.1, 0.15) is 5.52 Å². The molecule has 0 bridgehead atoms. The third kappa shape index (κ3) is 4.07. The summed E-state index contributed by atoms with van der Waals surface area (Å²) in [7, 11) is 0. The van der Waals surface area contributed by atoms with Crippen LogP contribution in [0.4, 0.5) is 30.8 Å². The fraction of sp³-hybridized carbons (Fsp3) is 0.100. The molecule has 0 fully saturated rings. The van der Waals surface area contributed by atoms with Crippen LogP contribution in [0.2, 0.25) is 0 Å². The number of aromatic nitrogens is 3. The Hall–Kier alpha value is -3.95. The zero-order chi connectivity index (χ0) is 21.3. The molecule has 2 aromatic carbocycles. The van der Waals surface area contributed by atoms with Gasteiger partial charge in [-0.3, -0.25) is 10.1 Å². The molecule has 30 heavy (non-hydrogen) atoms. The number of rotatable bonds is 4. The topological polar surface area (TPSA) is 92.9 Å². The fourth-order valence-electron chi connectivity index (χ4n) is 2.74. The van der Waals surface area contributed by atoms with Crippen LogP contribution in [-0.4, -0.2) is 20.9 Å². The highest BCUT2D eigenvalue weighted by atomic mass is 19.4. The summed E-state index contributed by atoms with van der Waals surface area (Å²) in [5, 5.41) is 5.25. The molecule has 0 unspecified atom stereocenters. The number of hydrogen-bond donors (Lipinski definition) is 2. The Kier molecular flexibility index (Phi) is 4.82. The smallest absolute Gasteiger partial charge is 0.416 e. The van der Waals surface area contributed by atoms with Crippen LogP contribution >= 0.6 is 0 Å². The van der Waals surface area contributed by atoms with Crippen LogP contribution in [-0.2, 0) is 6.18 Å². The van der Waals surface area contributed by atoms with E-state index in [0.717, 1.165) is 12.1 Å². The van der Waals surface area contributed by atoms with Gasteiger partial charge in [0.05, 0.1) is 16.8 Å². The Labute approximate surface area is 168 Å². The summed E-state index contributed by atoms with van der Waals surface area (Å²) in [5.41, 5.74) is 0.861. The van der Waals surface area contributed by atoms with Gasteiger partial charge in [0.15, 0.2) is 5.58 Å². The molecule has 2 aromatic heterocycles. The van der Waals surface area contributed by atoms with Crippen molar-refractivity contribution in [3.05, 3.63) is 71.5 Å². The number of carbonyl (C=O) groups is 1. The molecule has 4 aromatic rings. The molecular weight excluding hydrogens is 399 g/mol. The number of anilines is 3. The molecular formula is C20H14F3N5O2. The summed E-state index contributed by atoms with van der Waals surface area (Å²) in [6.07, 6.45) is -3.23. The van der Waals surface area contributed by atoms with Crippen molar-refractivity contribution in [2.24, 2.45) is 0 Å². The van der Waals surface area contributed by atoms with E-state index in [0.29, 0.717) is 16.8 Å². The second-order valence-corrected chi connectivity index (χ2v) is 6.34. The molecule has 2 heterocycles. The van der Waals surface area contributed by atoms with Crippen molar-refractivity contribution in [3.63, 3.8) is 0 Å². The number of nitrogens with zero attached hydrogens (tertiary/aromatic N) is 3. The second kappa shape index (κ2) is 7.47. The number of fused-ring (bicyclic) bond motifs is 1. The molecule has 1 amide bonds. The quantitative estimate of drug-likeness (QED) is 0.492. The monoisotopic (exact) mass is 413 g/mol. The predicted octanol–water partition coefficient (Wildman–Crippen LogP) is 4.94. The van der Waals surface area contributed by atoms with E-state index in [4.69, 9.17) is 4.42 Å². The van der Waals surface area contributed by atoms with E-state index in [1.54, 1.807) is 19.1 Å². The molecule has 4 rings (SSSR count). The lowest BCUT2D eigenvalue weighted by atomic mass is 10.1. The van der Waals surface area contributed by atoms with Crippen molar-refractivity contribution in [2.45, 2.75) is 13.1 Å². The van der Waals surface area contributed by atoms with Gasteiger partial charge in [-0.05, 0) is 37.3 Å². The first kappa shape index (κ1) is 19.4. The summed E-state index contributed by atoms with van der Waals surface area (Å²) in [5.74, 6) is -0.463. The van der Waals surface area contributed by atoms with Crippen molar-refractivity contribution >= 4 is 34.7 Å². The zero-order valence-electron chi connectivity index (χ0n) is 15.5. The van der Waals surface area contributed by atoms with Gasteiger partial charge in [0.25, 0.3) is 5.91 Å². The third-order valence-corrected chi connectivity index (χ3v) is 4.18. The molecule has 0 saturated heterocycles. The number of aryl methyl sites for hydroxylation is 1. The van der Waals surface area contributed by atoms with Gasteiger partial charge in [0.2, 0.25) is 5.95 Å². The number of halogens is 3. The Balaban J connectivity index is 1.50. The SMILES string of the molecule is Cc1nc(Nc2nc3ccccc3o2)ncc1C(=O)Nc1cccc(C(F)(F)F)c1. The average molecular weight is 413 g/mol. The number of para-hydroxylation sites is 2. The maximum atomic E-state index is 12.8. The second-order valence-electron chi connectivity index (χ2n) is 6.34. The Bertz CT molecular complexity index is 1200. The molecule has 2 N–H and O–H groups in total. The Morgan fingerprint density at radius 2 is 1.87 bits per heavy atom. The number of oxazole rings is 1. The van der Waals surface area contributed by atoms with E-state index in [9.17, 15) is 18.0 Å². The standard InChI is InChI=1S/C20H14F3N5O2/c1-11-14(17(29)26-13-6-4-5-12(9-13)20(21,22)23)10-24-18(25-11)28-19-27-15-7-2-3-8-16(15)30-19/h2-10H,1H3,(H,26,29)(H,24,25,27,28). The Morgan fingerprint density at radius 3 is 2.60 bits per heavy atom. The average Bonchev–Trinajstić information content (AvgIpc) is 3.09. The lowest BCUT2D eigenvalue weighted by molar-refractivity contribution is -0.137. The van der Waals surface area contributed by atoms with Crippen molar-refractivity contribution in [2.75, 3.05) is 10.6 Å². The first-order valence-corrected chi connectivity index (χ1v) is 8.74. The van der Waals surface area contributed by atoms with Gasteiger partial charge in [-0.1, -0.05) is 18.2 Å². The minimum Gasteiger partial charge on any atom is -0.423 e. The lowest BCUT2D eigenvalue weighted by Gasteiger charge is -2.11. The molecule has 0 saturated carbocycles. The third-order valence-electron chi connectivity index (χ3n) is 4.18. The Morgan fingerprint density at radius 1 is 1.07 bits per heavy atom. The molecule has 0 radical (unpaired) electrons. The molecule has 7 nitrogen and oxygen atoms in total. The summed E-state index contributed by atoms with van der Waals surface area (Å²) in [4.78, 5) is 25.0. The normalized spacial score (nSPS) is 11.5. The van der Waals surface area contributed by atoms with E-state index >= 15 is 0 Å². The van der Waals surface area contributed by atoms with E-state index < -0.39 is 17.6 Å². The highest BCUT2D eigenvalue weighted by molar-refractivity contribution is 6.04. The molecule has 0 aliphatic rings. The predicted molar refractivity (Wildman–Crippen MR) is 103 cm³/mol. The zero-order valence-corrected chi connectivity index (χ0v) is 15.5. The number of hydrogen-bond acceptors (Lipinski definition) is 6. The summed E-state index contributed by atoms with van der Waals surface area (Å²) >= 11 is 0. The maximum absolute atomic E-state index is 12.8. The minimum absolute atomic E-state index is 0.0166. The van der Waals surface area contributed by atoms with Crippen LogP contribution in [0.15, 0.2) is 59.1 Å². The van der Waals surface area contributed by atoms with Gasteiger partial charge < -0.3 is 9.73 Å². The van der Waals surface area contributed by atoms with Crippen molar-refractivity contribution in [1.29, 1.82) is 0 Å². The number of carbonyl (C=O) groups excluding carboxylic acids is 1. The fourth-order valence-corrected chi connectivity index (χ4v) is 2.74. The van der Waals surface area contributed by atoms with Crippen LogP contribution < -0.4 is 10.6 Å². The van der Waals surface area contributed by atoms with Crippen molar-refractivity contribution in [1.82, 2.24) is 15.0 Å². The largest absolute Gasteiger partial charge is 0.423 e. The summed E-state index contributed by atoms with van der Waals surface area (Å²) in [6.45, 7) is 1.58. The molecule has 0 atom stereocenters. The van der Waals surface area contributed by atoms with Gasteiger partial charge in [-0.15, -0.1) is 0 Å². The first-order chi connectivity index (χ1) is 14.3. The number of benzene rings is 2. The summed E-state index contributed by atoms with van der Waals surface area (Å²) in [6, 6.07) is 11.8. The van der Waals surface area contributed by atoms with Crippen LogP contribution in [0.3, 0.4) is 0 Å². The molecule has 10 heteroatoms. The number of alkyl halides is 3. The maximum Gasteiger partial charge on any atom is 0.416 e. The molecule has 152 valence electrons. The number of nitrogens with one attached hydrogen (secondary N) is 2. The van der Waals surface area contributed by atoms with E-state index in [1.807, 2.05) is 12.1 Å². The summed E-state index contributed by atoms with van der Waals surface area (Å²) < 4.78 is 44.0. The van der Waals surface area contributed by atoms with Crippen LogP contribution in [0.5, 0.6) is 0 Å². The van der Waals surface area contributed by atoms with Gasteiger partial charge in [-0.25, -0.2) is 9.97 Å². The lowest BCUT2D eigenvalue weighted by Crippen LogP contribution is -2.16. The van der Waals surface area contributed by atoms with Crippen LogP contribution in [0.1, 0.15) is 21.6 Å². The first-order valence-electron chi connectivity index (χ1n) is 8.74. The number of amides is 1. The van der Waals surface area contributed by atoms with Crippen molar-refractivity contribution in [3.8, 4) is 0 Å². The van der Waals surface area contributed by atoms with Gasteiger partial charge in [0, 0.05) is 11.9 Å². The van der Waals surface area contributed by atoms with Gasteiger partial charge in [-0.2, -0.15) is 18.2 Å². The minimum atomic E-state index is -4.50. The highest BCUT2D eigenvalue weighted by Crippen LogP contribution is 2.30. The molecule has 0 spiro atoms. The van der Waals surface area contributed by atoms with E-state index in [1.165, 1.54) is 18.3 Å². The van der Waals surface area contributed by atoms with Crippen LogP contribution in [0.25, 0.3) is 11.1 Å². The van der Waals surface area contributed by atoms with Gasteiger partial charge >= 0.3 is 12.2 Å². The molecule has 0 aliphatic heterocycles.